The van der Waals surface area contributed by atoms with Gasteiger partial charge in [-0.2, -0.15) is 8.42 Å². The van der Waals surface area contributed by atoms with Gasteiger partial charge in [0.2, 0.25) is 0 Å². The third kappa shape index (κ3) is 5.85. The number of aliphatic hydroxyl groups is 1. The predicted octanol–water partition coefficient (Wildman–Crippen LogP) is 3.18. The van der Waals surface area contributed by atoms with Crippen LogP contribution in [0.1, 0.15) is 38.0 Å². The summed E-state index contributed by atoms with van der Waals surface area (Å²) in [5, 5.41) is 13.4. The molecule has 0 saturated carbocycles. The molecular formula is C19H25NO4S. The quantitative estimate of drug-likeness (QED) is 0.771. The molecule has 2 N–H and O–H groups in total. The van der Waals surface area contributed by atoms with Gasteiger partial charge >= 0.3 is 10.1 Å². The molecule has 0 unspecified atom stereocenters. The van der Waals surface area contributed by atoms with Crippen LogP contribution in [0.3, 0.4) is 0 Å². The molecule has 5 nitrogen and oxygen atoms in total. The second kappa shape index (κ2) is 7.56. The third-order valence-electron chi connectivity index (χ3n) is 3.61. The summed E-state index contributed by atoms with van der Waals surface area (Å²) in [4.78, 5) is 0.108. The summed E-state index contributed by atoms with van der Waals surface area (Å²) < 4.78 is 29.7. The van der Waals surface area contributed by atoms with Gasteiger partial charge in [-0.3, -0.25) is 0 Å². The molecule has 2 aromatic rings. The number of benzene rings is 2. The van der Waals surface area contributed by atoms with Crippen molar-refractivity contribution >= 4 is 10.1 Å². The van der Waals surface area contributed by atoms with Crippen LogP contribution in [0.15, 0.2) is 53.4 Å². The summed E-state index contributed by atoms with van der Waals surface area (Å²) in [7, 11) is -3.87. The number of hydrogen-bond donors (Lipinski definition) is 2. The fourth-order valence-electron chi connectivity index (χ4n) is 2.15. The largest absolute Gasteiger partial charge is 0.387 e. The average Bonchev–Trinajstić information content (AvgIpc) is 2.52. The Hall–Kier alpha value is -1.89. The van der Waals surface area contributed by atoms with Crippen LogP contribution in [0.4, 0.5) is 0 Å². The van der Waals surface area contributed by atoms with Crippen LogP contribution < -0.4 is 9.50 Å². The van der Waals surface area contributed by atoms with E-state index in [4.69, 9.17) is 4.18 Å². The fraction of sp³-hybridized carbons (Fsp3) is 0.368. The number of hydrogen-bond acceptors (Lipinski definition) is 5. The summed E-state index contributed by atoms with van der Waals surface area (Å²) in [6, 6.07) is 12.9. The molecule has 0 spiro atoms. The summed E-state index contributed by atoms with van der Waals surface area (Å²) in [6.45, 7) is 8.35. The fourth-order valence-corrected chi connectivity index (χ4v) is 3.08. The maximum absolute atomic E-state index is 12.3. The topological polar surface area (TPSA) is 75.6 Å². The van der Waals surface area contributed by atoms with E-state index in [2.05, 4.69) is 5.32 Å². The van der Waals surface area contributed by atoms with E-state index in [0.29, 0.717) is 12.1 Å². The number of nitrogens with one attached hydrogen (secondary N) is 1. The molecule has 0 bridgehead atoms. The smallest absolute Gasteiger partial charge is 0.339 e. The van der Waals surface area contributed by atoms with E-state index in [1.54, 1.807) is 36.4 Å². The van der Waals surface area contributed by atoms with E-state index in [0.717, 1.165) is 5.56 Å². The summed E-state index contributed by atoms with van der Waals surface area (Å²) in [5.74, 6) is 0.209. The molecule has 0 fully saturated rings. The molecule has 136 valence electrons. The first-order valence-electron chi connectivity index (χ1n) is 8.11. The highest BCUT2D eigenvalue weighted by molar-refractivity contribution is 7.87. The zero-order valence-electron chi connectivity index (χ0n) is 15.0. The lowest BCUT2D eigenvalue weighted by atomic mass is 10.1. The second-order valence-corrected chi connectivity index (χ2v) is 8.61. The molecular weight excluding hydrogens is 338 g/mol. The van der Waals surface area contributed by atoms with E-state index >= 15 is 0 Å². The predicted molar refractivity (Wildman–Crippen MR) is 98.2 cm³/mol. The monoisotopic (exact) mass is 363 g/mol. The van der Waals surface area contributed by atoms with Crippen molar-refractivity contribution in [3.05, 3.63) is 59.7 Å². The SMILES string of the molecule is Cc1ccc(S(=O)(=O)Oc2ccc([C@@H](O)CNC(C)(C)C)cc2)cc1. The van der Waals surface area contributed by atoms with E-state index in [1.165, 1.54) is 12.1 Å². The van der Waals surface area contributed by atoms with Gasteiger partial charge in [-0.1, -0.05) is 29.8 Å². The average molecular weight is 363 g/mol. The van der Waals surface area contributed by atoms with Crippen LogP contribution in [0, 0.1) is 6.92 Å². The number of aliphatic hydroxyl groups excluding tert-OH is 1. The van der Waals surface area contributed by atoms with Crippen LogP contribution >= 0.6 is 0 Å². The zero-order chi connectivity index (χ0) is 18.7. The van der Waals surface area contributed by atoms with E-state index in [1.807, 2.05) is 27.7 Å². The Labute approximate surface area is 149 Å². The minimum Gasteiger partial charge on any atom is -0.387 e. The van der Waals surface area contributed by atoms with Gasteiger partial charge in [-0.15, -0.1) is 0 Å². The first kappa shape index (κ1) is 19.4. The van der Waals surface area contributed by atoms with Crippen molar-refractivity contribution < 1.29 is 17.7 Å². The Morgan fingerprint density at radius 3 is 2.12 bits per heavy atom. The number of rotatable bonds is 6. The molecule has 0 aliphatic carbocycles. The first-order valence-corrected chi connectivity index (χ1v) is 9.52. The molecule has 0 aliphatic rings. The molecule has 0 heterocycles. The molecule has 25 heavy (non-hydrogen) atoms. The van der Waals surface area contributed by atoms with Gasteiger partial charge in [-0.25, -0.2) is 0 Å². The van der Waals surface area contributed by atoms with Gasteiger partial charge in [0.15, 0.2) is 0 Å². The maximum Gasteiger partial charge on any atom is 0.339 e. The summed E-state index contributed by atoms with van der Waals surface area (Å²) >= 11 is 0. The number of aryl methyl sites for hydroxylation is 1. The molecule has 0 amide bonds. The van der Waals surface area contributed by atoms with E-state index < -0.39 is 16.2 Å². The molecule has 1 atom stereocenters. The molecule has 2 aromatic carbocycles. The van der Waals surface area contributed by atoms with Gasteiger partial charge in [0.25, 0.3) is 0 Å². The summed E-state index contributed by atoms with van der Waals surface area (Å²) in [5.41, 5.74) is 1.57. The zero-order valence-corrected chi connectivity index (χ0v) is 15.8. The Bertz CT molecular complexity index is 791. The highest BCUT2D eigenvalue weighted by atomic mass is 32.2. The van der Waals surface area contributed by atoms with E-state index in [-0.39, 0.29) is 16.2 Å². The Kier molecular flexibility index (Phi) is 5.87. The van der Waals surface area contributed by atoms with Gasteiger partial charge in [0.1, 0.15) is 10.6 Å². The highest BCUT2D eigenvalue weighted by Crippen LogP contribution is 2.22. The second-order valence-electron chi connectivity index (χ2n) is 7.07. The maximum atomic E-state index is 12.3. The van der Waals surface area contributed by atoms with Gasteiger partial charge in [0.05, 0.1) is 6.10 Å². The Balaban J connectivity index is 2.06. The van der Waals surface area contributed by atoms with Crippen LogP contribution in [-0.4, -0.2) is 25.6 Å². The van der Waals surface area contributed by atoms with Crippen molar-refractivity contribution in [3.8, 4) is 5.75 Å². The van der Waals surface area contributed by atoms with Gasteiger partial charge in [0, 0.05) is 12.1 Å². The van der Waals surface area contributed by atoms with Crippen molar-refractivity contribution in [1.82, 2.24) is 5.32 Å². The molecule has 2 rings (SSSR count). The first-order chi connectivity index (χ1) is 11.6. The lowest BCUT2D eigenvalue weighted by Crippen LogP contribution is -2.38. The van der Waals surface area contributed by atoms with Crippen LogP contribution in [0.25, 0.3) is 0 Å². The Morgan fingerprint density at radius 1 is 1.04 bits per heavy atom. The molecule has 0 saturated heterocycles. The Morgan fingerprint density at radius 2 is 1.60 bits per heavy atom. The van der Waals surface area contributed by atoms with E-state index in [9.17, 15) is 13.5 Å². The third-order valence-corrected chi connectivity index (χ3v) is 4.87. The van der Waals surface area contributed by atoms with Gasteiger partial charge in [-0.05, 0) is 57.5 Å². The van der Waals surface area contributed by atoms with Crippen molar-refractivity contribution in [3.63, 3.8) is 0 Å². The summed E-state index contributed by atoms with van der Waals surface area (Å²) in [6.07, 6.45) is -0.679. The van der Waals surface area contributed by atoms with Gasteiger partial charge < -0.3 is 14.6 Å². The lowest BCUT2D eigenvalue weighted by molar-refractivity contribution is 0.163. The van der Waals surface area contributed by atoms with Crippen molar-refractivity contribution in [2.75, 3.05) is 6.54 Å². The van der Waals surface area contributed by atoms with Crippen LogP contribution in [0.5, 0.6) is 5.75 Å². The normalized spacial score (nSPS) is 13.5. The molecule has 0 aliphatic heterocycles. The van der Waals surface area contributed by atoms with Crippen LogP contribution in [0.2, 0.25) is 0 Å². The lowest BCUT2D eigenvalue weighted by Gasteiger charge is -2.23. The van der Waals surface area contributed by atoms with Crippen LogP contribution in [-0.2, 0) is 10.1 Å². The molecule has 0 radical (unpaired) electrons. The minimum atomic E-state index is -3.87. The molecule has 6 heteroatoms. The molecule has 0 aromatic heterocycles. The standard InChI is InChI=1S/C19H25NO4S/c1-14-5-11-17(12-6-14)25(22,23)24-16-9-7-15(8-10-16)18(21)13-20-19(2,3)4/h5-12,18,20-21H,13H2,1-4H3/t18-/m0/s1. The highest BCUT2D eigenvalue weighted by Gasteiger charge is 2.17. The van der Waals surface area contributed by atoms with Crippen molar-refractivity contribution in [1.29, 1.82) is 0 Å². The number of β-amino-alcohol motifs (C(OH)–C–C–N with tert-alkyl or cyclic N) is 1. The van der Waals surface area contributed by atoms with Crippen molar-refractivity contribution in [2.24, 2.45) is 0 Å². The van der Waals surface area contributed by atoms with Crippen molar-refractivity contribution in [2.45, 2.75) is 44.2 Å². The minimum absolute atomic E-state index is 0.0911.